The topological polar surface area (TPSA) is 91.4 Å². The third-order valence-electron chi connectivity index (χ3n) is 5.82. The summed E-state index contributed by atoms with van der Waals surface area (Å²) >= 11 is 0. The zero-order chi connectivity index (χ0) is 22.2. The number of aryl methyl sites for hydroxylation is 2. The Balaban J connectivity index is 1.91. The molecule has 1 aliphatic rings. The van der Waals surface area contributed by atoms with Crippen LogP contribution in [0.15, 0.2) is 47.4 Å². The monoisotopic (exact) mass is 436 g/mol. The fraction of sp³-hybridized carbons (Fsp3) is 0.348. The van der Waals surface area contributed by atoms with E-state index in [9.17, 15) is 13.7 Å². The maximum Gasteiger partial charge on any atom is 0.200 e. The van der Waals surface area contributed by atoms with E-state index >= 15 is 0 Å². The van der Waals surface area contributed by atoms with E-state index < -0.39 is 15.1 Å². The number of sulfone groups is 1. The summed E-state index contributed by atoms with van der Waals surface area (Å²) in [7, 11) is -1.86. The highest BCUT2D eigenvalue weighted by molar-refractivity contribution is 7.92. The van der Waals surface area contributed by atoms with Crippen LogP contribution in [0.25, 0.3) is 11.0 Å². The predicted molar refractivity (Wildman–Crippen MR) is 120 cm³/mol. The molecular weight excluding hydrogens is 410 g/mol. The Bertz CT molecular complexity index is 1270. The molecule has 1 fully saturated rings. The third-order valence-corrected chi connectivity index (χ3v) is 7.82. The lowest BCUT2D eigenvalue weighted by Gasteiger charge is -2.32. The summed E-state index contributed by atoms with van der Waals surface area (Å²) in [6.45, 7) is 6.87. The van der Waals surface area contributed by atoms with Gasteiger partial charge in [0.25, 0.3) is 0 Å². The number of hydrogen-bond donors (Lipinski definition) is 1. The standard InChI is InChI=1S/C23H25N5O2S/c1-16-8-9-17(2)20(14-16)31(29,30)21(15-24)22-23(28-12-10-27(3)11-13-28)26-19-7-5-4-6-18(19)25-22/h4-9,14,21H,10-13H2,1-3H3/p+1/t21-/m1/s1. The van der Waals surface area contributed by atoms with Crippen molar-refractivity contribution in [3.8, 4) is 6.07 Å². The molecule has 8 heteroatoms. The number of anilines is 1. The average Bonchev–Trinajstić information content (AvgIpc) is 2.76. The number of fused-ring (bicyclic) bond motifs is 1. The van der Waals surface area contributed by atoms with Gasteiger partial charge in [-0.3, -0.25) is 0 Å². The third kappa shape index (κ3) is 3.99. The Kier molecular flexibility index (Phi) is 5.65. The molecule has 1 aromatic heterocycles. The minimum Gasteiger partial charge on any atom is -0.344 e. The number of nitrogens with one attached hydrogen (secondary N) is 1. The molecule has 0 radical (unpaired) electrons. The van der Waals surface area contributed by atoms with Gasteiger partial charge >= 0.3 is 0 Å². The summed E-state index contributed by atoms with van der Waals surface area (Å²) in [6, 6.07) is 14.7. The minimum atomic E-state index is -3.99. The summed E-state index contributed by atoms with van der Waals surface area (Å²) in [5.41, 5.74) is 2.92. The van der Waals surface area contributed by atoms with E-state index in [2.05, 4.69) is 16.9 Å². The molecule has 2 heterocycles. The number of likely N-dealkylation sites (N-methyl/N-ethyl adjacent to an activating group) is 1. The molecular formula is C23H26N5O2S+. The zero-order valence-corrected chi connectivity index (χ0v) is 18.8. The lowest BCUT2D eigenvalue weighted by atomic mass is 10.2. The van der Waals surface area contributed by atoms with Gasteiger partial charge in [0, 0.05) is 0 Å². The highest BCUT2D eigenvalue weighted by Crippen LogP contribution is 2.35. The largest absolute Gasteiger partial charge is 0.344 e. The lowest BCUT2D eigenvalue weighted by molar-refractivity contribution is -0.880. The number of benzene rings is 2. The molecule has 0 amide bonds. The minimum absolute atomic E-state index is 0.169. The van der Waals surface area contributed by atoms with Crippen LogP contribution in [-0.2, 0) is 9.84 Å². The highest BCUT2D eigenvalue weighted by Gasteiger charge is 2.36. The SMILES string of the molecule is Cc1ccc(C)c(S(=O)(=O)[C@H](C#N)c2nc3ccccc3nc2N2CC[NH+](C)CC2)c1. The van der Waals surface area contributed by atoms with Crippen LogP contribution in [0.5, 0.6) is 0 Å². The van der Waals surface area contributed by atoms with E-state index in [1.54, 1.807) is 25.1 Å². The molecule has 1 atom stereocenters. The molecule has 2 aromatic carbocycles. The van der Waals surface area contributed by atoms with E-state index in [0.29, 0.717) is 22.4 Å². The molecule has 0 saturated carbocycles. The Morgan fingerprint density at radius 2 is 1.71 bits per heavy atom. The molecule has 1 saturated heterocycles. The van der Waals surface area contributed by atoms with Crippen LogP contribution in [0, 0.1) is 25.2 Å². The molecule has 3 aromatic rings. The van der Waals surface area contributed by atoms with Crippen molar-refractivity contribution in [2.75, 3.05) is 38.1 Å². The van der Waals surface area contributed by atoms with Gasteiger partial charge in [0.1, 0.15) is 5.69 Å². The summed E-state index contributed by atoms with van der Waals surface area (Å²) in [6.07, 6.45) is 0. The van der Waals surface area contributed by atoms with Crippen LogP contribution in [-0.4, -0.2) is 51.6 Å². The Labute approximate surface area is 182 Å². The van der Waals surface area contributed by atoms with E-state index in [-0.39, 0.29) is 10.6 Å². The van der Waals surface area contributed by atoms with Gasteiger partial charge in [-0.1, -0.05) is 24.3 Å². The van der Waals surface area contributed by atoms with Crippen LogP contribution < -0.4 is 9.80 Å². The molecule has 0 spiro atoms. The van der Waals surface area contributed by atoms with Gasteiger partial charge in [-0.05, 0) is 43.2 Å². The van der Waals surface area contributed by atoms with E-state index in [1.807, 2.05) is 37.3 Å². The van der Waals surface area contributed by atoms with Gasteiger partial charge in [0.15, 0.2) is 11.1 Å². The van der Waals surface area contributed by atoms with Gasteiger partial charge in [-0.25, -0.2) is 18.4 Å². The van der Waals surface area contributed by atoms with Crippen LogP contribution in [0.4, 0.5) is 5.82 Å². The van der Waals surface area contributed by atoms with Crippen LogP contribution in [0.3, 0.4) is 0 Å². The number of nitriles is 1. The van der Waals surface area contributed by atoms with Crippen molar-refractivity contribution in [1.29, 1.82) is 5.26 Å². The first-order valence-electron chi connectivity index (χ1n) is 10.3. The number of aromatic nitrogens is 2. The second kappa shape index (κ2) is 8.25. The summed E-state index contributed by atoms with van der Waals surface area (Å²) in [4.78, 5) is 13.1. The predicted octanol–water partition coefficient (Wildman–Crippen LogP) is 1.62. The number of nitrogens with zero attached hydrogens (tertiary/aromatic N) is 4. The van der Waals surface area contributed by atoms with E-state index in [0.717, 1.165) is 31.7 Å². The molecule has 7 nitrogen and oxygen atoms in total. The second-order valence-corrected chi connectivity index (χ2v) is 10.2. The molecule has 1 N–H and O–H groups in total. The molecule has 1 aliphatic heterocycles. The number of rotatable bonds is 4. The maximum absolute atomic E-state index is 13.6. The van der Waals surface area contributed by atoms with E-state index in [1.165, 1.54) is 4.90 Å². The van der Waals surface area contributed by atoms with Gasteiger partial charge < -0.3 is 9.80 Å². The smallest absolute Gasteiger partial charge is 0.200 e. The molecule has 160 valence electrons. The van der Waals surface area contributed by atoms with Gasteiger partial charge in [0.2, 0.25) is 9.84 Å². The Hall–Kier alpha value is -3.02. The van der Waals surface area contributed by atoms with Crippen molar-refractivity contribution in [2.24, 2.45) is 0 Å². The van der Waals surface area contributed by atoms with Crippen LogP contribution in [0.2, 0.25) is 0 Å². The fourth-order valence-corrected chi connectivity index (χ4v) is 5.64. The van der Waals surface area contributed by atoms with E-state index in [4.69, 9.17) is 4.98 Å². The van der Waals surface area contributed by atoms with Gasteiger partial charge in [0.05, 0.1) is 55.2 Å². The molecule has 0 aliphatic carbocycles. The summed E-state index contributed by atoms with van der Waals surface area (Å²) in [5, 5.41) is 8.62. The van der Waals surface area contributed by atoms with Crippen LogP contribution in [0.1, 0.15) is 22.1 Å². The number of piperazine rings is 1. The van der Waals surface area contributed by atoms with Crippen molar-refractivity contribution in [2.45, 2.75) is 24.0 Å². The van der Waals surface area contributed by atoms with Crippen molar-refractivity contribution in [1.82, 2.24) is 9.97 Å². The number of para-hydroxylation sites is 2. The van der Waals surface area contributed by atoms with Gasteiger partial charge in [-0.2, -0.15) is 5.26 Å². The number of quaternary nitrogens is 1. The molecule has 31 heavy (non-hydrogen) atoms. The summed E-state index contributed by atoms with van der Waals surface area (Å²) in [5.74, 6) is 0.492. The van der Waals surface area contributed by atoms with Crippen molar-refractivity contribution in [3.63, 3.8) is 0 Å². The normalized spacial score (nSPS) is 16.3. The van der Waals surface area contributed by atoms with Crippen molar-refractivity contribution < 1.29 is 13.3 Å². The first-order valence-corrected chi connectivity index (χ1v) is 11.9. The summed E-state index contributed by atoms with van der Waals surface area (Å²) < 4.78 is 27.3. The quantitative estimate of drug-likeness (QED) is 0.668. The fourth-order valence-electron chi connectivity index (χ4n) is 3.93. The van der Waals surface area contributed by atoms with Crippen molar-refractivity contribution >= 4 is 26.7 Å². The zero-order valence-electron chi connectivity index (χ0n) is 18.0. The number of hydrogen-bond acceptors (Lipinski definition) is 6. The molecule has 4 rings (SSSR count). The van der Waals surface area contributed by atoms with Gasteiger partial charge in [-0.15, -0.1) is 0 Å². The van der Waals surface area contributed by atoms with Crippen LogP contribution >= 0.6 is 0 Å². The second-order valence-electron chi connectivity index (χ2n) is 8.19. The molecule has 0 bridgehead atoms. The lowest BCUT2D eigenvalue weighted by Crippen LogP contribution is -3.12. The highest BCUT2D eigenvalue weighted by atomic mass is 32.2. The average molecular weight is 437 g/mol. The Morgan fingerprint density at radius 1 is 1.06 bits per heavy atom. The van der Waals surface area contributed by atoms with Crippen molar-refractivity contribution in [3.05, 3.63) is 59.3 Å². The first kappa shape index (κ1) is 21.2. The Morgan fingerprint density at radius 3 is 2.35 bits per heavy atom. The first-order chi connectivity index (χ1) is 14.8. The maximum atomic E-state index is 13.6. The molecule has 0 unspecified atom stereocenters.